The minimum atomic E-state index is -0.990. The lowest BCUT2D eigenvalue weighted by molar-refractivity contribution is -0.120. The summed E-state index contributed by atoms with van der Waals surface area (Å²) in [6.07, 6.45) is -0.874. The largest absolute Gasteiger partial charge is 0.444 e. The number of fused-ring (bicyclic) bond motifs is 1. The van der Waals surface area contributed by atoms with Crippen LogP contribution in [-0.4, -0.2) is 35.5 Å². The zero-order valence-electron chi connectivity index (χ0n) is 15.1. The van der Waals surface area contributed by atoms with Crippen molar-refractivity contribution in [2.24, 2.45) is 0 Å². The molecule has 1 aromatic carbocycles. The first kappa shape index (κ1) is 19.2. The SMILES string of the molecule is CC(C)N1C(=O)C(NC(=O)OC(C)(C)C)CC(=O)c2cc(Cl)ccc21. The molecule has 0 saturated heterocycles. The normalized spacial score (nSPS) is 18.0. The Bertz CT molecular complexity index is 710. The van der Waals surface area contributed by atoms with Gasteiger partial charge in [0.05, 0.1) is 5.69 Å². The summed E-state index contributed by atoms with van der Waals surface area (Å²) in [6.45, 7) is 8.87. The van der Waals surface area contributed by atoms with E-state index in [1.165, 1.54) is 4.90 Å². The Kier molecular flexibility index (Phi) is 5.42. The third-order valence-electron chi connectivity index (χ3n) is 3.65. The molecule has 2 rings (SSSR count). The fourth-order valence-corrected chi connectivity index (χ4v) is 2.88. The van der Waals surface area contributed by atoms with Crippen LogP contribution < -0.4 is 10.2 Å². The first-order chi connectivity index (χ1) is 11.5. The highest BCUT2D eigenvalue weighted by Gasteiger charge is 2.37. The van der Waals surface area contributed by atoms with E-state index in [2.05, 4.69) is 5.32 Å². The van der Waals surface area contributed by atoms with Crippen LogP contribution in [0.1, 0.15) is 51.4 Å². The van der Waals surface area contributed by atoms with Crippen molar-refractivity contribution < 1.29 is 19.1 Å². The van der Waals surface area contributed by atoms with E-state index < -0.39 is 17.7 Å². The molecular formula is C18H23ClN2O4. The molecule has 7 heteroatoms. The summed E-state index contributed by atoms with van der Waals surface area (Å²) in [5.74, 6) is -0.606. The number of rotatable bonds is 2. The molecule has 1 aromatic rings. The van der Waals surface area contributed by atoms with Crippen LogP contribution in [0.25, 0.3) is 0 Å². The first-order valence-electron chi connectivity index (χ1n) is 8.15. The van der Waals surface area contributed by atoms with Crippen LogP contribution in [0.2, 0.25) is 5.02 Å². The van der Waals surface area contributed by atoms with E-state index in [1.807, 2.05) is 13.8 Å². The summed E-state index contributed by atoms with van der Waals surface area (Å²) >= 11 is 6.01. The lowest BCUT2D eigenvalue weighted by atomic mass is 10.0. The highest BCUT2D eigenvalue weighted by Crippen LogP contribution is 2.31. The fraction of sp³-hybridized carbons (Fsp3) is 0.500. The van der Waals surface area contributed by atoms with Gasteiger partial charge in [0.15, 0.2) is 5.78 Å². The predicted molar refractivity (Wildman–Crippen MR) is 96.2 cm³/mol. The van der Waals surface area contributed by atoms with E-state index in [-0.39, 0.29) is 24.2 Å². The van der Waals surface area contributed by atoms with Gasteiger partial charge in [-0.25, -0.2) is 4.79 Å². The molecule has 1 heterocycles. The Morgan fingerprint density at radius 3 is 2.52 bits per heavy atom. The van der Waals surface area contributed by atoms with Crippen LogP contribution in [0.3, 0.4) is 0 Å². The molecule has 6 nitrogen and oxygen atoms in total. The number of carbonyl (C=O) groups is 3. The lowest BCUT2D eigenvalue weighted by Gasteiger charge is -2.29. The van der Waals surface area contributed by atoms with Crippen molar-refractivity contribution in [1.29, 1.82) is 0 Å². The maximum absolute atomic E-state index is 13.0. The standard InChI is InChI=1S/C18H23ClN2O4/c1-10(2)21-14-7-6-11(19)8-12(14)15(22)9-13(16(21)23)20-17(24)25-18(3,4)5/h6-8,10,13H,9H2,1-5H3,(H,20,24). The zero-order valence-corrected chi connectivity index (χ0v) is 15.8. The number of hydrogen-bond donors (Lipinski definition) is 1. The number of nitrogens with zero attached hydrogens (tertiary/aromatic N) is 1. The van der Waals surface area contributed by atoms with E-state index in [0.29, 0.717) is 16.3 Å². The van der Waals surface area contributed by atoms with Gasteiger partial charge in [0.2, 0.25) is 5.91 Å². The van der Waals surface area contributed by atoms with E-state index in [1.54, 1.807) is 39.0 Å². The van der Waals surface area contributed by atoms with Gasteiger partial charge < -0.3 is 15.0 Å². The molecule has 2 amide bonds. The highest BCUT2D eigenvalue weighted by atomic mass is 35.5. The van der Waals surface area contributed by atoms with Crippen molar-refractivity contribution in [3.63, 3.8) is 0 Å². The second-order valence-corrected chi connectivity index (χ2v) is 7.73. The van der Waals surface area contributed by atoms with Gasteiger partial charge in [-0.05, 0) is 52.8 Å². The van der Waals surface area contributed by atoms with Gasteiger partial charge in [-0.15, -0.1) is 0 Å². The average Bonchev–Trinajstić information content (AvgIpc) is 2.54. The zero-order chi connectivity index (χ0) is 18.9. The maximum atomic E-state index is 13.0. The molecule has 1 aliphatic heterocycles. The molecule has 1 aliphatic rings. The molecular weight excluding hydrogens is 344 g/mol. The summed E-state index contributed by atoms with van der Waals surface area (Å²) in [5.41, 5.74) is 0.182. The number of nitrogens with one attached hydrogen (secondary N) is 1. The van der Waals surface area contributed by atoms with Gasteiger partial charge in [-0.3, -0.25) is 9.59 Å². The number of ether oxygens (including phenoxy) is 1. The number of Topliss-reactive ketones (excluding diaryl/α,β-unsaturated/α-hetero) is 1. The monoisotopic (exact) mass is 366 g/mol. The van der Waals surface area contributed by atoms with Crippen molar-refractivity contribution in [2.75, 3.05) is 4.90 Å². The lowest BCUT2D eigenvalue weighted by Crippen LogP contribution is -2.51. The van der Waals surface area contributed by atoms with E-state index >= 15 is 0 Å². The third kappa shape index (κ3) is 4.51. The summed E-state index contributed by atoms with van der Waals surface area (Å²) < 4.78 is 5.20. The highest BCUT2D eigenvalue weighted by molar-refractivity contribution is 6.31. The number of benzene rings is 1. The summed E-state index contributed by atoms with van der Waals surface area (Å²) in [7, 11) is 0. The molecule has 0 saturated carbocycles. The average molecular weight is 367 g/mol. The fourth-order valence-electron chi connectivity index (χ4n) is 2.71. The first-order valence-corrected chi connectivity index (χ1v) is 8.52. The minimum Gasteiger partial charge on any atom is -0.444 e. The Morgan fingerprint density at radius 1 is 1.32 bits per heavy atom. The molecule has 1 atom stereocenters. The predicted octanol–water partition coefficient (Wildman–Crippen LogP) is 3.56. The van der Waals surface area contributed by atoms with Crippen LogP contribution in [0.15, 0.2) is 18.2 Å². The van der Waals surface area contributed by atoms with Crippen molar-refractivity contribution in [2.45, 2.75) is 58.7 Å². The van der Waals surface area contributed by atoms with E-state index in [0.717, 1.165) is 0 Å². The number of amides is 2. The second kappa shape index (κ2) is 7.04. The molecule has 1 unspecified atom stereocenters. The van der Waals surface area contributed by atoms with E-state index in [4.69, 9.17) is 16.3 Å². The summed E-state index contributed by atoms with van der Waals surface area (Å²) in [4.78, 5) is 39.1. The van der Waals surface area contributed by atoms with E-state index in [9.17, 15) is 14.4 Å². The van der Waals surface area contributed by atoms with Crippen molar-refractivity contribution in [3.05, 3.63) is 28.8 Å². The van der Waals surface area contributed by atoms with Crippen LogP contribution in [0.4, 0.5) is 10.5 Å². The maximum Gasteiger partial charge on any atom is 0.408 e. The number of halogens is 1. The molecule has 0 spiro atoms. The van der Waals surface area contributed by atoms with Crippen molar-refractivity contribution >= 4 is 35.1 Å². The number of alkyl carbamates (subject to hydrolysis) is 1. The van der Waals surface area contributed by atoms with Gasteiger partial charge in [0.25, 0.3) is 0 Å². The van der Waals surface area contributed by atoms with Gasteiger partial charge in [0, 0.05) is 23.0 Å². The minimum absolute atomic E-state index is 0.144. The van der Waals surface area contributed by atoms with Gasteiger partial charge in [-0.2, -0.15) is 0 Å². The molecule has 25 heavy (non-hydrogen) atoms. The van der Waals surface area contributed by atoms with Crippen molar-refractivity contribution in [1.82, 2.24) is 5.32 Å². The molecule has 0 aliphatic carbocycles. The van der Waals surface area contributed by atoms with Crippen LogP contribution in [0, 0.1) is 0 Å². The summed E-state index contributed by atoms with van der Waals surface area (Å²) in [5, 5.41) is 2.94. The van der Waals surface area contributed by atoms with Gasteiger partial charge >= 0.3 is 6.09 Å². The van der Waals surface area contributed by atoms with Gasteiger partial charge in [0.1, 0.15) is 11.6 Å². The Balaban J connectivity index is 2.36. The number of ketones is 1. The summed E-state index contributed by atoms with van der Waals surface area (Å²) in [6, 6.07) is 3.66. The quantitative estimate of drug-likeness (QED) is 0.868. The van der Waals surface area contributed by atoms with Crippen molar-refractivity contribution in [3.8, 4) is 0 Å². The number of carbonyl (C=O) groups excluding carboxylic acids is 3. The Hall–Kier alpha value is -2.08. The van der Waals surface area contributed by atoms with Crippen LogP contribution in [0.5, 0.6) is 0 Å². The molecule has 1 N–H and O–H groups in total. The topological polar surface area (TPSA) is 75.7 Å². The number of hydrogen-bond acceptors (Lipinski definition) is 4. The molecule has 0 fully saturated rings. The van der Waals surface area contributed by atoms with Gasteiger partial charge in [-0.1, -0.05) is 11.6 Å². The Morgan fingerprint density at radius 2 is 1.96 bits per heavy atom. The molecule has 0 bridgehead atoms. The Labute approximate surface area is 152 Å². The second-order valence-electron chi connectivity index (χ2n) is 7.29. The third-order valence-corrected chi connectivity index (χ3v) is 3.89. The van der Waals surface area contributed by atoms with Crippen LogP contribution >= 0.6 is 11.6 Å². The molecule has 136 valence electrons. The van der Waals surface area contributed by atoms with Crippen LogP contribution in [-0.2, 0) is 9.53 Å². The molecule has 0 aromatic heterocycles. The smallest absolute Gasteiger partial charge is 0.408 e. The molecule has 0 radical (unpaired) electrons. The number of anilines is 1.